The Kier molecular flexibility index (Phi) is 5.26. The highest BCUT2D eigenvalue weighted by Crippen LogP contribution is 2.18. The molecule has 0 aliphatic carbocycles. The third-order valence-corrected chi connectivity index (χ3v) is 4.34. The first kappa shape index (κ1) is 15.1. The van der Waals surface area contributed by atoms with E-state index in [9.17, 15) is 4.79 Å². The molecule has 0 bridgehead atoms. The van der Waals surface area contributed by atoms with Crippen molar-refractivity contribution in [3.05, 3.63) is 64.1 Å². The number of halogens is 1. The molecule has 2 rings (SSSR count). The van der Waals surface area contributed by atoms with Crippen molar-refractivity contribution in [2.75, 3.05) is 6.26 Å². The molecule has 1 amide bonds. The molecule has 1 N–H and O–H groups in total. The van der Waals surface area contributed by atoms with Gasteiger partial charge in [-0.2, -0.15) is 0 Å². The minimum absolute atomic E-state index is 0.0178. The monoisotopic (exact) mass is 349 g/mol. The van der Waals surface area contributed by atoms with Gasteiger partial charge in [-0.15, -0.1) is 11.8 Å². The minimum Gasteiger partial charge on any atom is -0.346 e. The van der Waals surface area contributed by atoms with E-state index >= 15 is 0 Å². The van der Waals surface area contributed by atoms with E-state index in [1.54, 1.807) is 11.8 Å². The van der Waals surface area contributed by atoms with Crippen LogP contribution in [0.3, 0.4) is 0 Å². The largest absolute Gasteiger partial charge is 0.346 e. The summed E-state index contributed by atoms with van der Waals surface area (Å²) in [5, 5.41) is 3.01. The Bertz CT molecular complexity index is 580. The third kappa shape index (κ3) is 3.87. The van der Waals surface area contributed by atoms with Gasteiger partial charge >= 0.3 is 0 Å². The Morgan fingerprint density at radius 3 is 2.25 bits per heavy atom. The highest BCUT2D eigenvalue weighted by atomic mass is 79.9. The van der Waals surface area contributed by atoms with Crippen LogP contribution >= 0.6 is 27.7 Å². The van der Waals surface area contributed by atoms with Gasteiger partial charge in [0.1, 0.15) is 0 Å². The van der Waals surface area contributed by atoms with Crippen LogP contribution in [0.4, 0.5) is 0 Å². The zero-order chi connectivity index (χ0) is 14.5. The molecule has 2 nitrogen and oxygen atoms in total. The smallest absolute Gasteiger partial charge is 0.251 e. The van der Waals surface area contributed by atoms with Crippen LogP contribution in [0.5, 0.6) is 0 Å². The lowest BCUT2D eigenvalue weighted by atomic mass is 10.1. The third-order valence-electron chi connectivity index (χ3n) is 3.07. The fourth-order valence-corrected chi connectivity index (χ4v) is 2.53. The highest BCUT2D eigenvalue weighted by molar-refractivity contribution is 9.10. The van der Waals surface area contributed by atoms with Gasteiger partial charge in [0.25, 0.3) is 5.91 Å². The molecule has 0 aliphatic heterocycles. The molecule has 0 spiro atoms. The van der Waals surface area contributed by atoms with Crippen molar-refractivity contribution < 1.29 is 4.79 Å². The van der Waals surface area contributed by atoms with Crippen molar-refractivity contribution in [2.45, 2.75) is 17.9 Å². The van der Waals surface area contributed by atoms with Crippen molar-refractivity contribution in [1.82, 2.24) is 5.32 Å². The summed E-state index contributed by atoms with van der Waals surface area (Å²) in [4.78, 5) is 13.3. The van der Waals surface area contributed by atoms with Crippen LogP contribution in [-0.4, -0.2) is 12.2 Å². The van der Waals surface area contributed by atoms with E-state index in [2.05, 4.69) is 21.2 Å². The van der Waals surface area contributed by atoms with E-state index in [1.807, 2.05) is 61.7 Å². The van der Waals surface area contributed by atoms with Crippen LogP contribution in [0.2, 0.25) is 0 Å². The Labute approximate surface area is 132 Å². The molecular formula is C16H16BrNOS. The molecule has 0 saturated heterocycles. The number of carbonyl (C=O) groups is 1. The summed E-state index contributed by atoms with van der Waals surface area (Å²) in [5.74, 6) is -0.0481. The lowest BCUT2D eigenvalue weighted by Crippen LogP contribution is -2.26. The summed E-state index contributed by atoms with van der Waals surface area (Å²) < 4.78 is 1.03. The molecular weight excluding hydrogens is 334 g/mol. The maximum atomic E-state index is 12.2. The SMILES string of the molecule is CSc1ccc(C(=O)N[C@H](C)c2ccc(Br)cc2)cc1. The van der Waals surface area contributed by atoms with Gasteiger partial charge in [0, 0.05) is 14.9 Å². The van der Waals surface area contributed by atoms with E-state index < -0.39 is 0 Å². The molecule has 104 valence electrons. The van der Waals surface area contributed by atoms with Crippen LogP contribution in [0, 0.1) is 0 Å². The summed E-state index contributed by atoms with van der Waals surface area (Å²) in [6.07, 6.45) is 2.02. The molecule has 20 heavy (non-hydrogen) atoms. The number of thioether (sulfide) groups is 1. The molecule has 2 aromatic carbocycles. The molecule has 1 atom stereocenters. The molecule has 0 unspecified atom stereocenters. The maximum Gasteiger partial charge on any atom is 0.251 e. The fraction of sp³-hybridized carbons (Fsp3) is 0.188. The second-order valence-electron chi connectivity index (χ2n) is 4.48. The van der Waals surface area contributed by atoms with Gasteiger partial charge in [-0.05, 0) is 55.1 Å². The molecule has 0 aromatic heterocycles. The highest BCUT2D eigenvalue weighted by Gasteiger charge is 2.11. The number of carbonyl (C=O) groups excluding carboxylic acids is 1. The Morgan fingerprint density at radius 2 is 1.70 bits per heavy atom. The molecule has 0 saturated carbocycles. The van der Waals surface area contributed by atoms with E-state index in [-0.39, 0.29) is 11.9 Å². The number of hydrogen-bond acceptors (Lipinski definition) is 2. The van der Waals surface area contributed by atoms with Crippen molar-refractivity contribution in [3.63, 3.8) is 0 Å². The standard InChI is InChI=1S/C16H16BrNOS/c1-11(12-3-7-14(17)8-4-12)18-16(19)13-5-9-15(20-2)10-6-13/h3-11H,1-2H3,(H,18,19)/t11-/m1/s1. The van der Waals surface area contributed by atoms with Gasteiger partial charge in [0.05, 0.1) is 6.04 Å². The van der Waals surface area contributed by atoms with Gasteiger partial charge in [0.15, 0.2) is 0 Å². The number of hydrogen-bond donors (Lipinski definition) is 1. The summed E-state index contributed by atoms with van der Waals surface area (Å²) in [6, 6.07) is 15.6. The number of benzene rings is 2. The molecule has 2 aromatic rings. The quantitative estimate of drug-likeness (QED) is 0.813. The van der Waals surface area contributed by atoms with Crippen LogP contribution in [-0.2, 0) is 0 Å². The van der Waals surface area contributed by atoms with Crippen LogP contribution in [0.1, 0.15) is 28.9 Å². The minimum atomic E-state index is -0.0481. The van der Waals surface area contributed by atoms with E-state index in [0.29, 0.717) is 5.56 Å². The van der Waals surface area contributed by atoms with Gasteiger partial charge in [-0.1, -0.05) is 28.1 Å². The zero-order valence-corrected chi connectivity index (χ0v) is 13.8. The molecule has 0 aliphatic rings. The predicted octanol–water partition coefficient (Wildman–Crippen LogP) is 4.66. The molecule has 0 radical (unpaired) electrons. The predicted molar refractivity (Wildman–Crippen MR) is 88.2 cm³/mol. The number of amides is 1. The normalized spacial score (nSPS) is 11.9. The molecule has 0 fully saturated rings. The topological polar surface area (TPSA) is 29.1 Å². The summed E-state index contributed by atoms with van der Waals surface area (Å²) in [6.45, 7) is 1.98. The van der Waals surface area contributed by atoms with Gasteiger partial charge < -0.3 is 5.32 Å². The Morgan fingerprint density at radius 1 is 1.10 bits per heavy atom. The second-order valence-corrected chi connectivity index (χ2v) is 6.27. The van der Waals surface area contributed by atoms with Crippen molar-refractivity contribution in [3.8, 4) is 0 Å². The zero-order valence-electron chi connectivity index (χ0n) is 11.4. The summed E-state index contributed by atoms with van der Waals surface area (Å²) in [7, 11) is 0. The maximum absolute atomic E-state index is 12.2. The molecule has 0 heterocycles. The first-order chi connectivity index (χ1) is 9.60. The van der Waals surface area contributed by atoms with Crippen LogP contribution in [0.25, 0.3) is 0 Å². The van der Waals surface area contributed by atoms with Crippen molar-refractivity contribution in [2.24, 2.45) is 0 Å². The summed E-state index contributed by atoms with van der Waals surface area (Å²) in [5.41, 5.74) is 1.77. The number of nitrogens with one attached hydrogen (secondary N) is 1. The lowest BCUT2D eigenvalue weighted by Gasteiger charge is -2.14. The fourth-order valence-electron chi connectivity index (χ4n) is 1.86. The van der Waals surface area contributed by atoms with E-state index in [0.717, 1.165) is 14.9 Å². The Balaban J connectivity index is 2.04. The van der Waals surface area contributed by atoms with Crippen LogP contribution in [0.15, 0.2) is 57.9 Å². The first-order valence-corrected chi connectivity index (χ1v) is 8.32. The lowest BCUT2D eigenvalue weighted by molar-refractivity contribution is 0.0940. The van der Waals surface area contributed by atoms with E-state index in [4.69, 9.17) is 0 Å². The van der Waals surface area contributed by atoms with E-state index in [1.165, 1.54) is 0 Å². The Hall–Kier alpha value is -1.26. The van der Waals surface area contributed by atoms with Gasteiger partial charge in [0.2, 0.25) is 0 Å². The van der Waals surface area contributed by atoms with Gasteiger partial charge in [-0.25, -0.2) is 0 Å². The average molecular weight is 350 g/mol. The van der Waals surface area contributed by atoms with Gasteiger partial charge in [-0.3, -0.25) is 4.79 Å². The average Bonchev–Trinajstić information content (AvgIpc) is 2.48. The van der Waals surface area contributed by atoms with Crippen molar-refractivity contribution >= 4 is 33.6 Å². The first-order valence-electron chi connectivity index (χ1n) is 6.30. The van der Waals surface area contributed by atoms with Crippen LogP contribution < -0.4 is 5.32 Å². The second kappa shape index (κ2) is 6.95. The van der Waals surface area contributed by atoms with Crippen molar-refractivity contribution in [1.29, 1.82) is 0 Å². The molecule has 4 heteroatoms. The summed E-state index contributed by atoms with van der Waals surface area (Å²) >= 11 is 5.07. The number of rotatable bonds is 4.